The molecule has 0 atom stereocenters. The van der Waals surface area contributed by atoms with Crippen LogP contribution < -0.4 is 5.32 Å². The van der Waals surface area contributed by atoms with Crippen LogP contribution in [0, 0.1) is 17.0 Å². The standard InChI is InChI=1S/C17H12F3N3O2/c1-10-8-14(22-13-4-2-3-5-16(13)23(24)25)12-7-6-11(17(18,19)20)9-15(12)21-10/h2-9H,1H3,(H,21,22). The number of fused-ring (bicyclic) bond motifs is 1. The predicted octanol–water partition coefficient (Wildman–Crippen LogP) is 5.21. The summed E-state index contributed by atoms with van der Waals surface area (Å²) in [5.74, 6) is 0. The van der Waals surface area contributed by atoms with E-state index in [1.807, 2.05) is 0 Å². The van der Waals surface area contributed by atoms with Gasteiger partial charge in [0.1, 0.15) is 5.69 Å². The number of anilines is 2. The van der Waals surface area contributed by atoms with Crippen LogP contribution in [-0.2, 0) is 6.18 Å². The molecule has 0 unspecified atom stereocenters. The number of hydrogen-bond donors (Lipinski definition) is 1. The second kappa shape index (κ2) is 6.04. The Hall–Kier alpha value is -3.16. The summed E-state index contributed by atoms with van der Waals surface area (Å²) in [4.78, 5) is 14.7. The quantitative estimate of drug-likeness (QED) is 0.521. The van der Waals surface area contributed by atoms with E-state index in [2.05, 4.69) is 10.3 Å². The topological polar surface area (TPSA) is 68.1 Å². The first-order chi connectivity index (χ1) is 11.8. The number of nitro benzene ring substituents is 1. The second-order valence-corrected chi connectivity index (χ2v) is 5.44. The highest BCUT2D eigenvalue weighted by Gasteiger charge is 2.30. The van der Waals surface area contributed by atoms with Crippen molar-refractivity contribution in [1.82, 2.24) is 4.98 Å². The van der Waals surface area contributed by atoms with E-state index in [9.17, 15) is 23.3 Å². The van der Waals surface area contributed by atoms with E-state index in [0.717, 1.165) is 12.1 Å². The van der Waals surface area contributed by atoms with Gasteiger partial charge in [-0.3, -0.25) is 15.1 Å². The number of hydrogen-bond acceptors (Lipinski definition) is 4. The Labute approximate surface area is 140 Å². The number of pyridine rings is 1. The number of nitro groups is 1. The maximum atomic E-state index is 12.9. The number of aryl methyl sites for hydroxylation is 1. The van der Waals surface area contributed by atoms with Crippen molar-refractivity contribution in [3.05, 3.63) is 69.9 Å². The number of alkyl halides is 3. The van der Waals surface area contributed by atoms with Crippen molar-refractivity contribution < 1.29 is 18.1 Å². The zero-order valence-corrected chi connectivity index (χ0v) is 13.0. The highest BCUT2D eigenvalue weighted by Crippen LogP contribution is 2.35. The van der Waals surface area contributed by atoms with Crippen molar-refractivity contribution in [3.63, 3.8) is 0 Å². The zero-order chi connectivity index (χ0) is 18.2. The van der Waals surface area contributed by atoms with Crippen LogP contribution in [-0.4, -0.2) is 9.91 Å². The number of para-hydroxylation sites is 2. The van der Waals surface area contributed by atoms with Gasteiger partial charge in [0.2, 0.25) is 0 Å². The molecule has 2 aromatic carbocycles. The smallest absolute Gasteiger partial charge is 0.349 e. The molecule has 3 rings (SSSR count). The molecule has 0 amide bonds. The molecule has 0 aliphatic carbocycles. The molecule has 1 N–H and O–H groups in total. The normalized spacial score (nSPS) is 11.5. The van der Waals surface area contributed by atoms with E-state index in [4.69, 9.17) is 0 Å². The summed E-state index contributed by atoms with van der Waals surface area (Å²) in [6.07, 6.45) is -4.47. The van der Waals surface area contributed by atoms with Crippen LogP contribution in [0.5, 0.6) is 0 Å². The molecular formula is C17H12F3N3O2. The summed E-state index contributed by atoms with van der Waals surface area (Å²) in [6, 6.07) is 10.9. The number of nitrogens with zero attached hydrogens (tertiary/aromatic N) is 2. The van der Waals surface area contributed by atoms with Gasteiger partial charge in [0.15, 0.2) is 0 Å². The Morgan fingerprint density at radius 1 is 1.08 bits per heavy atom. The van der Waals surface area contributed by atoms with Crippen LogP contribution in [0.3, 0.4) is 0 Å². The lowest BCUT2D eigenvalue weighted by molar-refractivity contribution is -0.383. The fourth-order valence-electron chi connectivity index (χ4n) is 2.52. The summed E-state index contributed by atoms with van der Waals surface area (Å²) in [6.45, 7) is 1.64. The van der Waals surface area contributed by atoms with E-state index in [1.165, 1.54) is 24.3 Å². The highest BCUT2D eigenvalue weighted by atomic mass is 19.4. The van der Waals surface area contributed by atoms with Gasteiger partial charge in [-0.25, -0.2) is 0 Å². The second-order valence-electron chi connectivity index (χ2n) is 5.44. The molecule has 1 aromatic heterocycles. The first kappa shape index (κ1) is 16.7. The summed E-state index contributed by atoms with van der Waals surface area (Å²) >= 11 is 0. The van der Waals surface area contributed by atoms with E-state index >= 15 is 0 Å². The van der Waals surface area contributed by atoms with Crippen LogP contribution in [0.4, 0.5) is 30.2 Å². The van der Waals surface area contributed by atoms with Crippen LogP contribution in [0.2, 0.25) is 0 Å². The molecule has 0 spiro atoms. The third-order valence-electron chi connectivity index (χ3n) is 3.64. The third-order valence-corrected chi connectivity index (χ3v) is 3.64. The van der Waals surface area contributed by atoms with E-state index in [1.54, 1.807) is 19.1 Å². The first-order valence-corrected chi connectivity index (χ1v) is 7.25. The lowest BCUT2D eigenvalue weighted by atomic mass is 10.1. The molecule has 0 aliphatic heterocycles. The summed E-state index contributed by atoms with van der Waals surface area (Å²) in [7, 11) is 0. The monoisotopic (exact) mass is 347 g/mol. The number of benzene rings is 2. The van der Waals surface area contributed by atoms with E-state index < -0.39 is 16.7 Å². The molecule has 0 saturated carbocycles. The van der Waals surface area contributed by atoms with Crippen molar-refractivity contribution in [1.29, 1.82) is 0 Å². The lowest BCUT2D eigenvalue weighted by Gasteiger charge is -2.13. The summed E-state index contributed by atoms with van der Waals surface area (Å²) in [5, 5.41) is 14.5. The molecule has 0 aliphatic rings. The Morgan fingerprint density at radius 2 is 1.80 bits per heavy atom. The van der Waals surface area contributed by atoms with Gasteiger partial charge in [-0.05, 0) is 31.2 Å². The van der Waals surface area contributed by atoms with Gasteiger partial charge >= 0.3 is 6.18 Å². The van der Waals surface area contributed by atoms with Crippen LogP contribution in [0.25, 0.3) is 10.9 Å². The Bertz CT molecular complexity index is 971. The fraction of sp³-hybridized carbons (Fsp3) is 0.118. The lowest BCUT2D eigenvalue weighted by Crippen LogP contribution is -2.05. The number of aromatic nitrogens is 1. The predicted molar refractivity (Wildman–Crippen MR) is 87.9 cm³/mol. The molecule has 8 heteroatoms. The molecule has 128 valence electrons. The average Bonchev–Trinajstić information content (AvgIpc) is 2.53. The van der Waals surface area contributed by atoms with Gasteiger partial charge in [0.05, 0.1) is 16.0 Å². The zero-order valence-electron chi connectivity index (χ0n) is 13.0. The number of halogens is 3. The maximum Gasteiger partial charge on any atom is 0.416 e. The molecule has 5 nitrogen and oxygen atoms in total. The van der Waals surface area contributed by atoms with Crippen LogP contribution in [0.1, 0.15) is 11.3 Å². The Morgan fingerprint density at radius 3 is 2.48 bits per heavy atom. The minimum Gasteiger partial charge on any atom is -0.349 e. The van der Waals surface area contributed by atoms with Gasteiger partial charge in [-0.2, -0.15) is 13.2 Å². The maximum absolute atomic E-state index is 12.9. The third kappa shape index (κ3) is 3.37. The Kier molecular flexibility index (Phi) is 4.03. The van der Waals surface area contributed by atoms with Gasteiger partial charge < -0.3 is 5.32 Å². The van der Waals surface area contributed by atoms with Gasteiger partial charge in [0.25, 0.3) is 5.69 Å². The molecular weight excluding hydrogens is 335 g/mol. The molecule has 0 bridgehead atoms. The van der Waals surface area contributed by atoms with Gasteiger partial charge in [0, 0.05) is 22.8 Å². The van der Waals surface area contributed by atoms with Crippen LogP contribution in [0.15, 0.2) is 48.5 Å². The SMILES string of the molecule is Cc1cc(Nc2ccccc2[N+](=O)[O-])c2ccc(C(F)(F)F)cc2n1. The molecule has 0 saturated heterocycles. The fourth-order valence-corrected chi connectivity index (χ4v) is 2.52. The van der Waals surface area contributed by atoms with Crippen molar-refractivity contribution in [2.24, 2.45) is 0 Å². The van der Waals surface area contributed by atoms with E-state index in [0.29, 0.717) is 16.8 Å². The number of nitrogens with one attached hydrogen (secondary N) is 1. The highest BCUT2D eigenvalue weighted by molar-refractivity contribution is 5.94. The molecule has 0 radical (unpaired) electrons. The van der Waals surface area contributed by atoms with Gasteiger partial charge in [-0.15, -0.1) is 0 Å². The largest absolute Gasteiger partial charge is 0.416 e. The van der Waals surface area contributed by atoms with Crippen molar-refractivity contribution in [2.75, 3.05) is 5.32 Å². The van der Waals surface area contributed by atoms with Crippen molar-refractivity contribution in [3.8, 4) is 0 Å². The van der Waals surface area contributed by atoms with Crippen LogP contribution >= 0.6 is 0 Å². The minimum atomic E-state index is -4.47. The summed E-state index contributed by atoms with van der Waals surface area (Å²) in [5.41, 5.74) is 0.431. The minimum absolute atomic E-state index is 0.128. The molecule has 25 heavy (non-hydrogen) atoms. The molecule has 1 heterocycles. The van der Waals surface area contributed by atoms with Crippen molar-refractivity contribution in [2.45, 2.75) is 13.1 Å². The van der Waals surface area contributed by atoms with Gasteiger partial charge in [-0.1, -0.05) is 18.2 Å². The summed E-state index contributed by atoms with van der Waals surface area (Å²) < 4.78 is 38.7. The first-order valence-electron chi connectivity index (χ1n) is 7.25. The van der Waals surface area contributed by atoms with E-state index in [-0.39, 0.29) is 16.9 Å². The van der Waals surface area contributed by atoms with Crippen molar-refractivity contribution >= 4 is 28.0 Å². The number of rotatable bonds is 3. The molecule has 0 fully saturated rings. The Balaban J connectivity index is 2.13. The average molecular weight is 347 g/mol. The molecule has 3 aromatic rings.